The lowest BCUT2D eigenvalue weighted by atomic mass is 9.71. The number of furan rings is 1. The Morgan fingerprint density at radius 2 is 1.95 bits per heavy atom. The van der Waals surface area contributed by atoms with E-state index in [9.17, 15) is 9.50 Å². The summed E-state index contributed by atoms with van der Waals surface area (Å²) in [4.78, 5) is 0. The number of benzene rings is 1. The minimum absolute atomic E-state index is 0.244. The van der Waals surface area contributed by atoms with Gasteiger partial charge in [-0.25, -0.2) is 4.39 Å². The van der Waals surface area contributed by atoms with Gasteiger partial charge in [0.2, 0.25) is 0 Å². The molecule has 1 heterocycles. The van der Waals surface area contributed by atoms with Gasteiger partial charge in [0.1, 0.15) is 23.3 Å². The Morgan fingerprint density at radius 1 is 1.25 bits per heavy atom. The first kappa shape index (κ1) is 13.6. The Kier molecular flexibility index (Phi) is 3.33. The molecule has 0 bridgehead atoms. The lowest BCUT2D eigenvalue weighted by molar-refractivity contribution is 0.0428. The second-order valence-corrected chi connectivity index (χ2v) is 6.78. The molecule has 0 radical (unpaired) electrons. The van der Waals surface area contributed by atoms with Gasteiger partial charge in [-0.3, -0.25) is 0 Å². The van der Waals surface area contributed by atoms with E-state index in [1.165, 1.54) is 12.1 Å². The van der Waals surface area contributed by atoms with Gasteiger partial charge < -0.3 is 9.52 Å². The first-order chi connectivity index (χ1) is 9.44. The van der Waals surface area contributed by atoms with Crippen LogP contribution >= 0.6 is 0 Å². The van der Waals surface area contributed by atoms with Crippen LogP contribution < -0.4 is 0 Å². The van der Waals surface area contributed by atoms with Gasteiger partial charge in [0.25, 0.3) is 0 Å². The topological polar surface area (TPSA) is 33.4 Å². The van der Waals surface area contributed by atoms with E-state index in [0.29, 0.717) is 16.8 Å². The molecule has 20 heavy (non-hydrogen) atoms. The van der Waals surface area contributed by atoms with Crippen LogP contribution in [-0.2, 0) is 0 Å². The van der Waals surface area contributed by atoms with E-state index in [4.69, 9.17) is 4.42 Å². The van der Waals surface area contributed by atoms with E-state index >= 15 is 0 Å². The fourth-order valence-electron chi connectivity index (χ4n) is 3.15. The highest BCUT2D eigenvalue weighted by atomic mass is 19.1. The molecule has 3 heteroatoms. The van der Waals surface area contributed by atoms with Crippen LogP contribution in [0.15, 0.2) is 28.7 Å². The molecule has 2 aromatic rings. The summed E-state index contributed by atoms with van der Waals surface area (Å²) in [6.45, 7) is 4.55. The van der Waals surface area contributed by atoms with E-state index < -0.39 is 6.10 Å². The van der Waals surface area contributed by atoms with Gasteiger partial charge in [0, 0.05) is 5.39 Å². The molecular weight excluding hydrogens is 255 g/mol. The zero-order chi connectivity index (χ0) is 14.3. The highest BCUT2D eigenvalue weighted by molar-refractivity contribution is 5.77. The molecule has 1 aromatic heterocycles. The van der Waals surface area contributed by atoms with Gasteiger partial charge in [0.05, 0.1) is 0 Å². The molecule has 0 saturated heterocycles. The second kappa shape index (κ2) is 4.88. The van der Waals surface area contributed by atoms with Crippen LogP contribution in [0.2, 0.25) is 0 Å². The quantitative estimate of drug-likeness (QED) is 0.853. The van der Waals surface area contributed by atoms with Gasteiger partial charge in [-0.2, -0.15) is 0 Å². The highest BCUT2D eigenvalue weighted by Gasteiger charge is 2.32. The summed E-state index contributed by atoms with van der Waals surface area (Å²) < 4.78 is 18.9. The predicted octanol–water partition coefficient (Wildman–Crippen LogP) is 4.82. The van der Waals surface area contributed by atoms with Crippen molar-refractivity contribution in [1.29, 1.82) is 0 Å². The van der Waals surface area contributed by atoms with Crippen molar-refractivity contribution in [3.8, 4) is 0 Å². The van der Waals surface area contributed by atoms with Crippen LogP contribution in [0.3, 0.4) is 0 Å². The predicted molar refractivity (Wildman–Crippen MR) is 76.9 cm³/mol. The fourth-order valence-corrected chi connectivity index (χ4v) is 3.15. The van der Waals surface area contributed by atoms with Crippen molar-refractivity contribution < 1.29 is 13.9 Å². The number of hydrogen-bond donors (Lipinski definition) is 1. The normalized spacial score (nSPS) is 21.2. The van der Waals surface area contributed by atoms with Crippen LogP contribution in [0.5, 0.6) is 0 Å². The fraction of sp³-hybridized carbons (Fsp3) is 0.529. The molecule has 1 fully saturated rings. The molecule has 0 amide bonds. The van der Waals surface area contributed by atoms with Crippen molar-refractivity contribution in [1.82, 2.24) is 0 Å². The van der Waals surface area contributed by atoms with Crippen LogP contribution in [0.1, 0.15) is 51.4 Å². The van der Waals surface area contributed by atoms with Crippen LogP contribution in [-0.4, -0.2) is 5.11 Å². The molecule has 0 aliphatic heterocycles. The molecule has 1 saturated carbocycles. The number of aliphatic hydroxyl groups is 1. The van der Waals surface area contributed by atoms with E-state index in [1.54, 1.807) is 12.1 Å². The molecule has 3 rings (SSSR count). The SMILES string of the molecule is CC1(C)CCC(C(O)c2cc3cc(F)ccc3o2)CC1. The van der Waals surface area contributed by atoms with Crippen LogP contribution in [0, 0.1) is 17.2 Å². The van der Waals surface area contributed by atoms with Crippen molar-refractivity contribution >= 4 is 11.0 Å². The third kappa shape index (κ3) is 2.59. The summed E-state index contributed by atoms with van der Waals surface area (Å²) in [5.41, 5.74) is 1.02. The number of hydrogen-bond acceptors (Lipinski definition) is 2. The summed E-state index contributed by atoms with van der Waals surface area (Å²) >= 11 is 0. The Balaban J connectivity index is 1.80. The van der Waals surface area contributed by atoms with E-state index in [2.05, 4.69) is 13.8 Å². The largest absolute Gasteiger partial charge is 0.458 e. The van der Waals surface area contributed by atoms with Gasteiger partial charge >= 0.3 is 0 Å². The zero-order valence-corrected chi connectivity index (χ0v) is 12.0. The third-order valence-electron chi connectivity index (χ3n) is 4.62. The van der Waals surface area contributed by atoms with Crippen molar-refractivity contribution in [2.75, 3.05) is 0 Å². The average molecular weight is 276 g/mol. The molecular formula is C17H21FO2. The number of halogens is 1. The van der Waals surface area contributed by atoms with Gasteiger partial charge in [-0.05, 0) is 61.3 Å². The van der Waals surface area contributed by atoms with Crippen molar-refractivity contribution in [2.45, 2.75) is 45.6 Å². The first-order valence-corrected chi connectivity index (χ1v) is 7.32. The van der Waals surface area contributed by atoms with Crippen LogP contribution in [0.4, 0.5) is 4.39 Å². The van der Waals surface area contributed by atoms with Crippen molar-refractivity contribution in [3.63, 3.8) is 0 Å². The Bertz CT molecular complexity index is 604. The lowest BCUT2D eigenvalue weighted by Crippen LogP contribution is -2.24. The summed E-state index contributed by atoms with van der Waals surface area (Å²) in [7, 11) is 0. The first-order valence-electron chi connectivity index (χ1n) is 7.32. The summed E-state index contributed by atoms with van der Waals surface area (Å²) in [5, 5.41) is 11.2. The van der Waals surface area contributed by atoms with Crippen molar-refractivity contribution in [2.24, 2.45) is 11.3 Å². The number of fused-ring (bicyclic) bond motifs is 1. The zero-order valence-electron chi connectivity index (χ0n) is 12.0. The molecule has 2 nitrogen and oxygen atoms in total. The smallest absolute Gasteiger partial charge is 0.134 e. The van der Waals surface area contributed by atoms with Crippen molar-refractivity contribution in [3.05, 3.63) is 35.8 Å². The Labute approximate surface area is 118 Å². The van der Waals surface area contributed by atoms with Gasteiger partial charge in [-0.1, -0.05) is 13.8 Å². The molecule has 1 atom stereocenters. The van der Waals surface area contributed by atoms with Gasteiger partial charge in [0.15, 0.2) is 0 Å². The molecule has 1 N–H and O–H groups in total. The monoisotopic (exact) mass is 276 g/mol. The number of rotatable bonds is 2. The Morgan fingerprint density at radius 3 is 2.65 bits per heavy atom. The molecule has 1 aliphatic carbocycles. The van der Waals surface area contributed by atoms with Gasteiger partial charge in [-0.15, -0.1) is 0 Å². The summed E-state index contributed by atoms with van der Waals surface area (Å²) in [6.07, 6.45) is 3.70. The standard InChI is InChI=1S/C17H21FO2/c1-17(2)7-5-11(6-8-17)16(19)15-10-12-9-13(18)3-4-14(12)20-15/h3-4,9-11,16,19H,5-8H2,1-2H3. The third-order valence-corrected chi connectivity index (χ3v) is 4.62. The average Bonchev–Trinajstić information content (AvgIpc) is 2.80. The maximum atomic E-state index is 13.2. The maximum Gasteiger partial charge on any atom is 0.134 e. The molecule has 1 unspecified atom stereocenters. The molecule has 0 spiro atoms. The lowest BCUT2D eigenvalue weighted by Gasteiger charge is -2.35. The summed E-state index contributed by atoms with van der Waals surface area (Å²) in [6, 6.07) is 6.21. The van der Waals surface area contributed by atoms with Crippen LogP contribution in [0.25, 0.3) is 11.0 Å². The minimum Gasteiger partial charge on any atom is -0.458 e. The Hall–Kier alpha value is -1.35. The molecule has 1 aromatic carbocycles. The number of aliphatic hydroxyl groups excluding tert-OH is 1. The maximum absolute atomic E-state index is 13.2. The van der Waals surface area contributed by atoms with E-state index in [1.807, 2.05) is 0 Å². The highest BCUT2D eigenvalue weighted by Crippen LogP contribution is 2.43. The summed E-state index contributed by atoms with van der Waals surface area (Å²) in [5.74, 6) is 0.530. The second-order valence-electron chi connectivity index (χ2n) is 6.78. The molecule has 1 aliphatic rings. The van der Waals surface area contributed by atoms with E-state index in [0.717, 1.165) is 31.1 Å². The molecule has 108 valence electrons. The minimum atomic E-state index is -0.582. The van der Waals surface area contributed by atoms with E-state index in [-0.39, 0.29) is 11.7 Å².